The minimum Gasteiger partial charge on any atom is -0.424 e. The summed E-state index contributed by atoms with van der Waals surface area (Å²) in [4.78, 5) is 5.12. The van der Waals surface area contributed by atoms with Gasteiger partial charge in [-0.2, -0.15) is 0 Å². The van der Waals surface area contributed by atoms with Gasteiger partial charge in [-0.15, -0.1) is 10.2 Å². The lowest BCUT2D eigenvalue weighted by Gasteiger charge is -2.36. The van der Waals surface area contributed by atoms with Gasteiger partial charge in [-0.1, -0.05) is 0 Å². The van der Waals surface area contributed by atoms with Crippen molar-refractivity contribution in [3.05, 3.63) is 11.8 Å². The van der Waals surface area contributed by atoms with E-state index in [1.54, 1.807) is 0 Å². The number of hydrogen-bond donors (Lipinski definition) is 0. The molecule has 3 heterocycles. The van der Waals surface area contributed by atoms with E-state index in [1.165, 1.54) is 45.3 Å². The van der Waals surface area contributed by atoms with E-state index in [-0.39, 0.29) is 6.04 Å². The molecule has 0 saturated carbocycles. The molecule has 0 aromatic carbocycles. The summed E-state index contributed by atoms with van der Waals surface area (Å²) in [6.07, 6.45) is 5.39. The van der Waals surface area contributed by atoms with Crippen molar-refractivity contribution in [2.24, 2.45) is 5.92 Å². The first-order chi connectivity index (χ1) is 9.72. The van der Waals surface area contributed by atoms with E-state index < -0.39 is 0 Å². The first-order valence-corrected chi connectivity index (χ1v) is 7.99. The van der Waals surface area contributed by atoms with Crippen molar-refractivity contribution in [2.75, 3.05) is 32.7 Å². The molecule has 1 unspecified atom stereocenters. The Bertz CT molecular complexity index is 419. The summed E-state index contributed by atoms with van der Waals surface area (Å²) in [7, 11) is 0. The van der Waals surface area contributed by atoms with E-state index in [9.17, 15) is 0 Å². The van der Waals surface area contributed by atoms with Gasteiger partial charge >= 0.3 is 0 Å². The molecule has 1 aromatic rings. The molecule has 2 fully saturated rings. The number of nitrogens with zero attached hydrogens (tertiary/aromatic N) is 4. The predicted octanol–water partition coefficient (Wildman–Crippen LogP) is 2.25. The van der Waals surface area contributed by atoms with Crippen molar-refractivity contribution in [1.82, 2.24) is 20.0 Å². The van der Waals surface area contributed by atoms with Crippen LogP contribution in [0, 0.1) is 12.8 Å². The van der Waals surface area contributed by atoms with E-state index >= 15 is 0 Å². The number of aromatic nitrogens is 2. The van der Waals surface area contributed by atoms with Gasteiger partial charge in [0, 0.05) is 13.5 Å². The third-order valence-corrected chi connectivity index (χ3v) is 4.81. The van der Waals surface area contributed by atoms with Crippen molar-refractivity contribution >= 4 is 0 Å². The summed E-state index contributed by atoms with van der Waals surface area (Å²) < 4.78 is 5.56. The van der Waals surface area contributed by atoms with Gasteiger partial charge in [0.25, 0.3) is 0 Å². The lowest BCUT2D eigenvalue weighted by Crippen LogP contribution is -2.39. The molecule has 2 aliphatic heterocycles. The molecular formula is C15H26N4O. The smallest absolute Gasteiger partial charge is 0.233 e. The summed E-state index contributed by atoms with van der Waals surface area (Å²) in [5.74, 6) is 2.30. The molecule has 0 amide bonds. The highest BCUT2D eigenvalue weighted by Crippen LogP contribution is 2.27. The Morgan fingerprint density at radius 1 is 1.15 bits per heavy atom. The number of hydrogen-bond acceptors (Lipinski definition) is 5. The molecule has 112 valence electrons. The van der Waals surface area contributed by atoms with Crippen LogP contribution in [0.15, 0.2) is 4.42 Å². The molecular weight excluding hydrogens is 252 g/mol. The third-order valence-electron chi connectivity index (χ3n) is 4.81. The van der Waals surface area contributed by atoms with Crippen LogP contribution in [0.4, 0.5) is 0 Å². The van der Waals surface area contributed by atoms with Crippen molar-refractivity contribution in [2.45, 2.75) is 45.6 Å². The highest BCUT2D eigenvalue weighted by atomic mass is 16.4. The van der Waals surface area contributed by atoms with Crippen LogP contribution in [0.1, 0.15) is 50.4 Å². The maximum atomic E-state index is 5.56. The number of aryl methyl sites for hydroxylation is 1. The predicted molar refractivity (Wildman–Crippen MR) is 77.4 cm³/mol. The lowest BCUT2D eigenvalue weighted by atomic mass is 9.95. The fraction of sp³-hybridized carbons (Fsp3) is 0.867. The molecule has 0 bridgehead atoms. The Morgan fingerprint density at radius 3 is 2.45 bits per heavy atom. The Morgan fingerprint density at radius 2 is 1.85 bits per heavy atom. The first-order valence-electron chi connectivity index (χ1n) is 7.99. The van der Waals surface area contributed by atoms with Gasteiger partial charge in [0.05, 0.1) is 6.04 Å². The second-order valence-corrected chi connectivity index (χ2v) is 6.32. The SMILES string of the molecule is Cc1nnc(C(C)N2CCC(CN3CCCC3)CC2)o1. The molecule has 1 atom stereocenters. The van der Waals surface area contributed by atoms with Gasteiger partial charge in [0.15, 0.2) is 0 Å². The fourth-order valence-corrected chi connectivity index (χ4v) is 3.49. The van der Waals surface area contributed by atoms with Gasteiger partial charge < -0.3 is 9.32 Å². The molecule has 2 saturated heterocycles. The summed E-state index contributed by atoms with van der Waals surface area (Å²) in [6, 6.07) is 0.254. The monoisotopic (exact) mass is 278 g/mol. The normalized spacial score (nSPS) is 24.3. The third kappa shape index (κ3) is 3.20. The van der Waals surface area contributed by atoms with Crippen LogP contribution in [0.5, 0.6) is 0 Å². The van der Waals surface area contributed by atoms with Gasteiger partial charge in [0.2, 0.25) is 11.8 Å². The van der Waals surface area contributed by atoms with Crippen LogP contribution in [0.3, 0.4) is 0 Å². The fourth-order valence-electron chi connectivity index (χ4n) is 3.49. The summed E-state index contributed by atoms with van der Waals surface area (Å²) in [6.45, 7) is 10.3. The maximum absolute atomic E-state index is 5.56. The molecule has 0 N–H and O–H groups in total. The summed E-state index contributed by atoms with van der Waals surface area (Å²) in [5, 5.41) is 8.09. The molecule has 0 spiro atoms. The maximum Gasteiger partial charge on any atom is 0.233 e. The van der Waals surface area contributed by atoms with Crippen molar-refractivity contribution < 1.29 is 4.42 Å². The zero-order valence-electron chi connectivity index (χ0n) is 12.7. The minimum absolute atomic E-state index is 0.254. The van der Waals surface area contributed by atoms with Gasteiger partial charge in [-0.25, -0.2) is 0 Å². The number of piperidine rings is 1. The Kier molecular flexibility index (Phi) is 4.36. The van der Waals surface area contributed by atoms with Gasteiger partial charge in [-0.05, 0) is 64.7 Å². The molecule has 5 heteroatoms. The quantitative estimate of drug-likeness (QED) is 0.845. The van der Waals surface area contributed by atoms with E-state index in [2.05, 4.69) is 26.9 Å². The van der Waals surface area contributed by atoms with E-state index in [0.717, 1.165) is 24.9 Å². The van der Waals surface area contributed by atoms with Crippen LogP contribution < -0.4 is 0 Å². The minimum atomic E-state index is 0.254. The molecule has 3 rings (SSSR count). The average molecular weight is 278 g/mol. The molecule has 20 heavy (non-hydrogen) atoms. The molecule has 1 aromatic heterocycles. The topological polar surface area (TPSA) is 45.4 Å². The zero-order chi connectivity index (χ0) is 13.9. The Balaban J connectivity index is 1.48. The second-order valence-electron chi connectivity index (χ2n) is 6.32. The molecule has 0 aliphatic carbocycles. The van der Waals surface area contributed by atoms with E-state index in [4.69, 9.17) is 4.42 Å². The van der Waals surface area contributed by atoms with E-state index in [0.29, 0.717) is 5.89 Å². The average Bonchev–Trinajstić information content (AvgIpc) is 3.10. The zero-order valence-corrected chi connectivity index (χ0v) is 12.7. The van der Waals surface area contributed by atoms with Crippen LogP contribution in [0.25, 0.3) is 0 Å². The number of rotatable bonds is 4. The Hall–Kier alpha value is -0.940. The second kappa shape index (κ2) is 6.22. The summed E-state index contributed by atoms with van der Waals surface area (Å²) >= 11 is 0. The van der Waals surface area contributed by atoms with Crippen molar-refractivity contribution in [1.29, 1.82) is 0 Å². The number of likely N-dealkylation sites (tertiary alicyclic amines) is 2. The summed E-state index contributed by atoms with van der Waals surface area (Å²) in [5.41, 5.74) is 0. The largest absolute Gasteiger partial charge is 0.424 e. The van der Waals surface area contributed by atoms with Crippen LogP contribution in [-0.4, -0.2) is 52.7 Å². The van der Waals surface area contributed by atoms with Gasteiger partial charge in [-0.3, -0.25) is 4.90 Å². The lowest BCUT2D eigenvalue weighted by molar-refractivity contribution is 0.109. The molecule has 0 radical (unpaired) electrons. The van der Waals surface area contributed by atoms with Crippen LogP contribution in [0.2, 0.25) is 0 Å². The highest BCUT2D eigenvalue weighted by Gasteiger charge is 2.27. The van der Waals surface area contributed by atoms with Gasteiger partial charge in [0.1, 0.15) is 0 Å². The molecule has 2 aliphatic rings. The van der Waals surface area contributed by atoms with Crippen LogP contribution >= 0.6 is 0 Å². The first kappa shape index (κ1) is 14.0. The van der Waals surface area contributed by atoms with Crippen molar-refractivity contribution in [3.8, 4) is 0 Å². The highest BCUT2D eigenvalue weighted by molar-refractivity contribution is 4.90. The Labute approximate surface area is 121 Å². The molecule has 5 nitrogen and oxygen atoms in total. The van der Waals surface area contributed by atoms with E-state index in [1.807, 2.05) is 6.92 Å². The van der Waals surface area contributed by atoms with Crippen molar-refractivity contribution in [3.63, 3.8) is 0 Å². The standard InChI is InChI=1S/C15H26N4O/c1-12(15-17-16-13(2)20-15)19-9-5-14(6-10-19)11-18-7-3-4-8-18/h12,14H,3-11H2,1-2H3. The van der Waals surface area contributed by atoms with Crippen LogP contribution in [-0.2, 0) is 0 Å².